The van der Waals surface area contributed by atoms with Crippen LogP contribution in [0.4, 0.5) is 10.2 Å². The maximum absolute atomic E-state index is 13.4. The summed E-state index contributed by atoms with van der Waals surface area (Å²) in [6.07, 6.45) is 6.27. The minimum absolute atomic E-state index is 0.221. The molecule has 25 heavy (non-hydrogen) atoms. The van der Waals surface area contributed by atoms with Crippen molar-refractivity contribution in [1.29, 1.82) is 0 Å². The summed E-state index contributed by atoms with van der Waals surface area (Å²) < 4.78 is 15.6. The first kappa shape index (κ1) is 16.1. The van der Waals surface area contributed by atoms with Crippen LogP contribution in [0.3, 0.4) is 0 Å². The van der Waals surface area contributed by atoms with Gasteiger partial charge < -0.3 is 5.32 Å². The van der Waals surface area contributed by atoms with Crippen LogP contribution in [-0.4, -0.2) is 15.4 Å². The molecule has 0 saturated heterocycles. The van der Waals surface area contributed by atoms with Gasteiger partial charge in [-0.15, -0.1) is 0 Å². The summed E-state index contributed by atoms with van der Waals surface area (Å²) in [7, 11) is 0. The number of fused-ring (bicyclic) bond motifs is 1. The molecule has 130 valence electrons. The molecule has 0 atom stereocenters. The van der Waals surface area contributed by atoms with E-state index in [4.69, 9.17) is 4.98 Å². The van der Waals surface area contributed by atoms with Gasteiger partial charge in [0.05, 0.1) is 0 Å². The van der Waals surface area contributed by atoms with E-state index < -0.39 is 0 Å². The molecule has 0 amide bonds. The molecule has 0 aliphatic heterocycles. The lowest BCUT2D eigenvalue weighted by Gasteiger charge is -2.24. The lowest BCUT2D eigenvalue weighted by atomic mass is 9.95. The number of hydrogen-bond donors (Lipinski definition) is 1. The second kappa shape index (κ2) is 6.51. The maximum Gasteiger partial charge on any atom is 0.139 e. The van der Waals surface area contributed by atoms with Crippen LogP contribution in [0.2, 0.25) is 0 Å². The molecule has 2 heterocycles. The van der Waals surface area contributed by atoms with Gasteiger partial charge in [0.25, 0.3) is 0 Å². The number of nitrogens with zero attached hydrogens (tertiary/aromatic N) is 2. The number of rotatable bonds is 3. The highest BCUT2D eigenvalue weighted by atomic mass is 19.1. The molecule has 0 spiro atoms. The van der Waals surface area contributed by atoms with Gasteiger partial charge in [0.2, 0.25) is 0 Å². The van der Waals surface area contributed by atoms with Crippen LogP contribution in [0.1, 0.15) is 43.4 Å². The first-order valence-electron chi connectivity index (χ1n) is 9.14. The number of halogens is 1. The zero-order valence-electron chi connectivity index (χ0n) is 14.8. The van der Waals surface area contributed by atoms with Gasteiger partial charge in [-0.3, -0.25) is 4.40 Å². The maximum atomic E-state index is 13.4. The Morgan fingerprint density at radius 2 is 1.76 bits per heavy atom. The van der Waals surface area contributed by atoms with Crippen LogP contribution in [-0.2, 0) is 0 Å². The second-order valence-electron chi connectivity index (χ2n) is 7.16. The van der Waals surface area contributed by atoms with Gasteiger partial charge in [-0.05, 0) is 68.7 Å². The highest BCUT2D eigenvalue weighted by Gasteiger charge is 2.20. The molecule has 1 aromatic carbocycles. The molecule has 4 rings (SSSR count). The Morgan fingerprint density at radius 3 is 2.48 bits per heavy atom. The molecular formula is C21H24FN3. The van der Waals surface area contributed by atoms with E-state index in [1.165, 1.54) is 49.8 Å². The molecule has 1 saturated carbocycles. The topological polar surface area (TPSA) is 29.3 Å². The zero-order valence-corrected chi connectivity index (χ0v) is 14.8. The van der Waals surface area contributed by atoms with Gasteiger partial charge in [0.15, 0.2) is 0 Å². The summed E-state index contributed by atoms with van der Waals surface area (Å²) in [5.74, 6) is 0.812. The van der Waals surface area contributed by atoms with E-state index in [0.29, 0.717) is 6.04 Å². The van der Waals surface area contributed by atoms with Gasteiger partial charge in [-0.2, -0.15) is 0 Å². The first-order chi connectivity index (χ1) is 12.1. The molecule has 3 aromatic rings. The summed E-state index contributed by atoms with van der Waals surface area (Å²) in [4.78, 5) is 4.88. The third-order valence-corrected chi connectivity index (χ3v) is 5.11. The number of pyridine rings is 1. The van der Waals surface area contributed by atoms with Crippen LogP contribution < -0.4 is 5.32 Å². The molecule has 1 aliphatic carbocycles. The van der Waals surface area contributed by atoms with E-state index in [0.717, 1.165) is 28.4 Å². The number of imidazole rings is 1. The van der Waals surface area contributed by atoms with Crippen molar-refractivity contribution >= 4 is 11.5 Å². The molecule has 1 fully saturated rings. The molecule has 1 aliphatic rings. The predicted octanol–water partition coefficient (Wildman–Crippen LogP) is 5.50. The average molecular weight is 337 g/mol. The SMILES string of the molecule is Cc1cc(C)n2c(NC3CCCCC3)c(-c3ccc(F)cc3)nc2c1. The molecular weight excluding hydrogens is 313 g/mol. The molecule has 0 bridgehead atoms. The summed E-state index contributed by atoms with van der Waals surface area (Å²) in [6.45, 7) is 4.20. The highest BCUT2D eigenvalue weighted by Crippen LogP contribution is 2.32. The van der Waals surface area contributed by atoms with Crippen molar-refractivity contribution in [2.45, 2.75) is 52.0 Å². The van der Waals surface area contributed by atoms with E-state index in [2.05, 4.69) is 35.7 Å². The third-order valence-electron chi connectivity index (χ3n) is 5.11. The fourth-order valence-electron chi connectivity index (χ4n) is 3.91. The summed E-state index contributed by atoms with van der Waals surface area (Å²) in [6, 6.07) is 11.4. The molecule has 2 aromatic heterocycles. The molecule has 1 N–H and O–H groups in total. The van der Waals surface area contributed by atoms with Gasteiger partial charge in [-0.1, -0.05) is 19.3 Å². The van der Waals surface area contributed by atoms with Crippen LogP contribution in [0.25, 0.3) is 16.9 Å². The van der Waals surface area contributed by atoms with Crippen molar-refractivity contribution in [3.8, 4) is 11.3 Å². The standard InChI is InChI=1S/C21H24FN3/c1-14-12-15(2)25-19(13-14)24-20(16-8-10-17(22)11-9-16)21(25)23-18-6-4-3-5-7-18/h8-13,18,23H,3-7H2,1-2H3. The van der Waals surface area contributed by atoms with E-state index in [9.17, 15) is 4.39 Å². The Hall–Kier alpha value is -2.36. The van der Waals surface area contributed by atoms with E-state index in [1.807, 2.05) is 12.1 Å². The predicted molar refractivity (Wildman–Crippen MR) is 101 cm³/mol. The number of nitrogens with one attached hydrogen (secondary N) is 1. The summed E-state index contributed by atoms with van der Waals surface area (Å²) in [5, 5.41) is 3.75. The van der Waals surface area contributed by atoms with Crippen molar-refractivity contribution < 1.29 is 4.39 Å². The van der Waals surface area contributed by atoms with E-state index >= 15 is 0 Å². The lowest BCUT2D eigenvalue weighted by Crippen LogP contribution is -2.23. The van der Waals surface area contributed by atoms with Crippen molar-refractivity contribution in [1.82, 2.24) is 9.38 Å². The minimum atomic E-state index is -0.221. The van der Waals surface area contributed by atoms with Gasteiger partial charge in [-0.25, -0.2) is 9.37 Å². The smallest absolute Gasteiger partial charge is 0.139 e. The number of aromatic nitrogens is 2. The number of aryl methyl sites for hydroxylation is 2. The van der Waals surface area contributed by atoms with E-state index in [1.54, 1.807) is 0 Å². The van der Waals surface area contributed by atoms with Crippen molar-refractivity contribution in [2.75, 3.05) is 5.32 Å². The second-order valence-corrected chi connectivity index (χ2v) is 7.16. The number of hydrogen-bond acceptors (Lipinski definition) is 2. The Morgan fingerprint density at radius 1 is 1.04 bits per heavy atom. The Labute approximate surface area is 147 Å². The highest BCUT2D eigenvalue weighted by molar-refractivity contribution is 5.77. The Bertz CT molecular complexity index is 890. The molecule has 3 nitrogen and oxygen atoms in total. The third kappa shape index (κ3) is 3.13. The summed E-state index contributed by atoms with van der Waals surface area (Å²) >= 11 is 0. The quantitative estimate of drug-likeness (QED) is 0.683. The minimum Gasteiger partial charge on any atom is -0.367 e. The van der Waals surface area contributed by atoms with Crippen LogP contribution in [0, 0.1) is 19.7 Å². The number of anilines is 1. The fourth-order valence-corrected chi connectivity index (χ4v) is 3.91. The fraction of sp³-hybridized carbons (Fsp3) is 0.381. The van der Waals surface area contributed by atoms with Gasteiger partial charge >= 0.3 is 0 Å². The van der Waals surface area contributed by atoms with Crippen molar-refractivity contribution in [3.05, 3.63) is 53.5 Å². The van der Waals surface area contributed by atoms with Gasteiger partial charge in [0.1, 0.15) is 23.0 Å². The molecule has 0 unspecified atom stereocenters. The van der Waals surface area contributed by atoms with E-state index in [-0.39, 0.29) is 5.82 Å². The van der Waals surface area contributed by atoms with Crippen LogP contribution in [0.15, 0.2) is 36.4 Å². The average Bonchev–Trinajstić information content (AvgIpc) is 2.95. The normalized spacial score (nSPS) is 15.6. The molecule has 4 heteroatoms. The zero-order chi connectivity index (χ0) is 17.4. The first-order valence-corrected chi connectivity index (χ1v) is 9.14. The Kier molecular flexibility index (Phi) is 4.20. The van der Waals surface area contributed by atoms with Crippen molar-refractivity contribution in [3.63, 3.8) is 0 Å². The Balaban J connectivity index is 1.86. The largest absolute Gasteiger partial charge is 0.367 e. The number of benzene rings is 1. The monoisotopic (exact) mass is 337 g/mol. The van der Waals surface area contributed by atoms with Crippen molar-refractivity contribution in [2.24, 2.45) is 0 Å². The van der Waals surface area contributed by atoms with Gasteiger partial charge in [0, 0.05) is 17.3 Å². The van der Waals surface area contributed by atoms with Crippen LogP contribution >= 0.6 is 0 Å². The van der Waals surface area contributed by atoms with Crippen LogP contribution in [0.5, 0.6) is 0 Å². The molecule has 0 radical (unpaired) electrons. The summed E-state index contributed by atoms with van der Waals surface area (Å²) in [5.41, 5.74) is 5.15. The lowest BCUT2D eigenvalue weighted by molar-refractivity contribution is 0.461.